The van der Waals surface area contributed by atoms with Gasteiger partial charge in [-0.3, -0.25) is 4.79 Å². The minimum atomic E-state index is 0.0647. The molecule has 140 valence electrons. The van der Waals surface area contributed by atoms with Crippen LogP contribution in [-0.2, 0) is 5.41 Å². The lowest BCUT2D eigenvalue weighted by atomic mass is 9.48. The number of carbonyl (C=O) groups is 1. The van der Waals surface area contributed by atoms with Gasteiger partial charge >= 0.3 is 0 Å². The van der Waals surface area contributed by atoms with Crippen molar-refractivity contribution in [3.8, 4) is 5.75 Å². The van der Waals surface area contributed by atoms with Gasteiger partial charge in [-0.25, -0.2) is 0 Å². The Bertz CT molecular complexity index is 848. The summed E-state index contributed by atoms with van der Waals surface area (Å²) in [5.74, 6) is 3.44. The molecule has 4 aliphatic rings. The molecule has 2 aromatic carbocycles. The second-order valence-electron chi connectivity index (χ2n) is 8.95. The molecule has 4 fully saturated rings. The van der Waals surface area contributed by atoms with E-state index in [1.165, 1.54) is 44.1 Å². The molecule has 4 aliphatic carbocycles. The zero-order chi connectivity index (χ0) is 18.6. The van der Waals surface area contributed by atoms with Gasteiger partial charge in [0.25, 0.3) is 0 Å². The summed E-state index contributed by atoms with van der Waals surface area (Å²) in [7, 11) is 1.66. The van der Waals surface area contributed by atoms with Crippen molar-refractivity contribution in [2.24, 2.45) is 17.8 Å². The average Bonchev–Trinajstić information content (AvgIpc) is 2.66. The third-order valence-electron chi connectivity index (χ3n) is 7.20. The van der Waals surface area contributed by atoms with Gasteiger partial charge in [-0.05, 0) is 126 Å². The van der Waals surface area contributed by atoms with Crippen molar-refractivity contribution in [3.63, 3.8) is 0 Å². The van der Waals surface area contributed by atoms with E-state index in [-0.39, 0.29) is 5.78 Å². The molecule has 0 aromatic heterocycles. The van der Waals surface area contributed by atoms with Gasteiger partial charge in [0.15, 0.2) is 5.78 Å². The van der Waals surface area contributed by atoms with Crippen molar-refractivity contribution >= 4 is 28.4 Å². The molecular weight excluding hydrogens is 447 g/mol. The molecule has 0 saturated heterocycles. The van der Waals surface area contributed by atoms with E-state index in [4.69, 9.17) is 4.74 Å². The van der Waals surface area contributed by atoms with Gasteiger partial charge in [-0.15, -0.1) is 0 Å². The van der Waals surface area contributed by atoms with Crippen molar-refractivity contribution in [2.75, 3.05) is 7.11 Å². The summed E-state index contributed by atoms with van der Waals surface area (Å²) >= 11 is 2.27. The molecule has 0 aliphatic heterocycles. The fraction of sp³-hybridized carbons (Fsp3) is 0.458. The quantitative estimate of drug-likeness (QED) is 0.403. The minimum Gasteiger partial charge on any atom is -0.496 e. The smallest absolute Gasteiger partial charge is 0.196 e. The maximum atomic E-state index is 13.2. The van der Waals surface area contributed by atoms with Crippen LogP contribution in [0.25, 0.3) is 0 Å². The van der Waals surface area contributed by atoms with Crippen LogP contribution in [0.1, 0.15) is 60.0 Å². The van der Waals surface area contributed by atoms with Crippen LogP contribution < -0.4 is 4.74 Å². The monoisotopic (exact) mass is 472 g/mol. The third-order valence-corrected chi connectivity index (χ3v) is 7.92. The molecule has 4 bridgehead atoms. The maximum Gasteiger partial charge on any atom is 0.196 e. The average molecular weight is 472 g/mol. The number of ether oxygens (including phenoxy) is 1. The zero-order valence-electron chi connectivity index (χ0n) is 15.7. The number of hydrogen-bond donors (Lipinski definition) is 0. The first-order chi connectivity index (χ1) is 13.1. The van der Waals surface area contributed by atoms with Gasteiger partial charge in [0.2, 0.25) is 0 Å². The van der Waals surface area contributed by atoms with Gasteiger partial charge in [-0.1, -0.05) is 6.07 Å². The molecule has 0 N–H and O–H groups in total. The van der Waals surface area contributed by atoms with Crippen molar-refractivity contribution < 1.29 is 9.53 Å². The first-order valence-corrected chi connectivity index (χ1v) is 11.1. The Morgan fingerprint density at radius 3 is 2.11 bits per heavy atom. The predicted molar refractivity (Wildman–Crippen MR) is 115 cm³/mol. The van der Waals surface area contributed by atoms with Crippen LogP contribution in [0.5, 0.6) is 5.75 Å². The van der Waals surface area contributed by atoms with Crippen molar-refractivity contribution in [2.45, 2.75) is 43.9 Å². The number of halogens is 1. The largest absolute Gasteiger partial charge is 0.496 e. The van der Waals surface area contributed by atoms with Gasteiger partial charge < -0.3 is 4.74 Å². The Morgan fingerprint density at radius 1 is 0.963 bits per heavy atom. The van der Waals surface area contributed by atoms with E-state index in [1.807, 2.05) is 30.3 Å². The van der Waals surface area contributed by atoms with Crippen LogP contribution in [-0.4, -0.2) is 12.9 Å². The van der Waals surface area contributed by atoms with Crippen LogP contribution in [0, 0.1) is 21.3 Å². The second kappa shape index (κ2) is 6.61. The van der Waals surface area contributed by atoms with E-state index >= 15 is 0 Å². The van der Waals surface area contributed by atoms with E-state index in [0.29, 0.717) is 16.7 Å². The lowest BCUT2D eigenvalue weighted by molar-refractivity contribution is -0.00521. The zero-order valence-corrected chi connectivity index (χ0v) is 17.9. The Hall–Kier alpha value is -1.36. The van der Waals surface area contributed by atoms with Crippen LogP contribution in [0.3, 0.4) is 0 Å². The van der Waals surface area contributed by atoms with Crippen molar-refractivity contribution in [1.29, 1.82) is 0 Å². The van der Waals surface area contributed by atoms with Crippen LogP contribution in [0.4, 0.5) is 0 Å². The lowest BCUT2D eigenvalue weighted by Gasteiger charge is -2.57. The predicted octanol–water partition coefficient (Wildman–Crippen LogP) is 6.00. The number of rotatable bonds is 4. The Kier molecular flexibility index (Phi) is 4.34. The molecule has 0 amide bonds. The summed E-state index contributed by atoms with van der Waals surface area (Å²) in [6, 6.07) is 14.2. The molecule has 0 atom stereocenters. The molecule has 0 heterocycles. The minimum absolute atomic E-state index is 0.0647. The van der Waals surface area contributed by atoms with Gasteiger partial charge in [0.1, 0.15) is 5.75 Å². The first-order valence-electron chi connectivity index (χ1n) is 10.0. The van der Waals surface area contributed by atoms with E-state index in [0.717, 1.165) is 26.9 Å². The van der Waals surface area contributed by atoms with E-state index in [9.17, 15) is 4.79 Å². The second-order valence-corrected chi connectivity index (χ2v) is 10.2. The fourth-order valence-electron chi connectivity index (χ4n) is 6.44. The van der Waals surface area contributed by atoms with Gasteiger partial charge in [-0.2, -0.15) is 0 Å². The first kappa shape index (κ1) is 17.7. The highest BCUT2D eigenvalue weighted by molar-refractivity contribution is 14.1. The molecule has 3 heteroatoms. The Morgan fingerprint density at radius 2 is 1.56 bits per heavy atom. The van der Waals surface area contributed by atoms with Crippen LogP contribution in [0.15, 0.2) is 42.5 Å². The molecule has 27 heavy (non-hydrogen) atoms. The van der Waals surface area contributed by atoms with Gasteiger partial charge in [0.05, 0.1) is 12.7 Å². The van der Waals surface area contributed by atoms with Crippen LogP contribution in [0.2, 0.25) is 0 Å². The topological polar surface area (TPSA) is 26.3 Å². The molecule has 0 spiro atoms. The molecule has 6 rings (SSSR count). The molecule has 0 radical (unpaired) electrons. The lowest BCUT2D eigenvalue weighted by Crippen LogP contribution is -2.48. The molecule has 2 aromatic rings. The fourth-order valence-corrected chi connectivity index (χ4v) is 6.80. The molecule has 2 nitrogen and oxygen atoms in total. The van der Waals surface area contributed by atoms with Crippen molar-refractivity contribution in [1.82, 2.24) is 0 Å². The summed E-state index contributed by atoms with van der Waals surface area (Å²) in [5, 5.41) is 0. The number of ketones is 1. The number of benzene rings is 2. The maximum absolute atomic E-state index is 13.2. The Labute approximate surface area is 174 Å². The summed E-state index contributed by atoms with van der Waals surface area (Å²) in [4.78, 5) is 13.2. The van der Waals surface area contributed by atoms with E-state index in [1.54, 1.807) is 7.11 Å². The highest BCUT2D eigenvalue weighted by Gasteiger charge is 2.51. The third kappa shape index (κ3) is 3.02. The standard InChI is InChI=1S/C24H25IO2/c1-27-22-7-4-19(11-21(22)23(26)18-2-5-20(25)6-3-18)24-12-15-8-16(13-24)10-17(9-15)14-24/h2-7,11,15-17H,8-10,12-14H2,1H3. The van der Waals surface area contributed by atoms with Gasteiger partial charge in [0, 0.05) is 9.13 Å². The van der Waals surface area contributed by atoms with E-state index < -0.39 is 0 Å². The molecule has 4 saturated carbocycles. The summed E-state index contributed by atoms with van der Waals surface area (Å²) in [6.07, 6.45) is 8.23. The summed E-state index contributed by atoms with van der Waals surface area (Å²) < 4.78 is 6.70. The number of carbonyl (C=O) groups excluding carboxylic acids is 1. The molecule has 0 unspecified atom stereocenters. The normalized spacial score (nSPS) is 31.1. The number of hydrogen-bond acceptors (Lipinski definition) is 2. The Balaban J connectivity index is 1.55. The van der Waals surface area contributed by atoms with E-state index in [2.05, 4.69) is 34.7 Å². The highest BCUT2D eigenvalue weighted by atomic mass is 127. The summed E-state index contributed by atoms with van der Waals surface area (Å²) in [6.45, 7) is 0. The highest BCUT2D eigenvalue weighted by Crippen LogP contribution is 2.60. The van der Waals surface area contributed by atoms with Crippen LogP contribution >= 0.6 is 22.6 Å². The number of methoxy groups -OCH3 is 1. The molecular formula is C24H25IO2. The SMILES string of the molecule is COc1ccc(C23CC4CC(CC(C4)C2)C3)cc1C(=O)c1ccc(I)cc1. The summed E-state index contributed by atoms with van der Waals surface area (Å²) in [5.41, 5.74) is 3.11. The van der Waals surface area contributed by atoms with Crippen molar-refractivity contribution in [3.05, 3.63) is 62.7 Å².